The molecule has 1 N–H and O–H groups in total. The zero-order chi connectivity index (χ0) is 25.4. The van der Waals surface area contributed by atoms with Crippen LogP contribution in [0.25, 0.3) is 10.9 Å². The van der Waals surface area contributed by atoms with Crippen molar-refractivity contribution in [3.05, 3.63) is 83.6 Å². The molecule has 0 aliphatic heterocycles. The summed E-state index contributed by atoms with van der Waals surface area (Å²) in [5.74, 6) is -2.37. The van der Waals surface area contributed by atoms with Gasteiger partial charge in [-0.25, -0.2) is 12.4 Å². The molecule has 0 amide bonds. The SMILES string of the molecule is C=CC(c1cccc(C(C)C)c1)S(=O)(=O)n1c(C(CC)C(=O)O)cc2cc(C(F)(F)F)ccc21. The van der Waals surface area contributed by atoms with Crippen LogP contribution in [0, 0.1) is 0 Å². The van der Waals surface area contributed by atoms with E-state index in [1.807, 2.05) is 19.9 Å². The van der Waals surface area contributed by atoms with Gasteiger partial charge in [0, 0.05) is 11.1 Å². The molecule has 0 fully saturated rings. The summed E-state index contributed by atoms with van der Waals surface area (Å²) in [4.78, 5) is 11.9. The first-order valence-electron chi connectivity index (χ1n) is 10.7. The molecule has 3 aromatic rings. The summed E-state index contributed by atoms with van der Waals surface area (Å²) in [5.41, 5.74) is 0.272. The van der Waals surface area contributed by atoms with Crippen molar-refractivity contribution in [1.82, 2.24) is 3.97 Å². The summed E-state index contributed by atoms with van der Waals surface area (Å²) >= 11 is 0. The molecule has 2 aromatic carbocycles. The Morgan fingerprint density at radius 3 is 2.29 bits per heavy atom. The van der Waals surface area contributed by atoms with E-state index in [4.69, 9.17) is 0 Å². The molecule has 1 heterocycles. The molecule has 9 heteroatoms. The average molecular weight is 494 g/mol. The van der Waals surface area contributed by atoms with Gasteiger partial charge in [-0.1, -0.05) is 51.1 Å². The molecule has 5 nitrogen and oxygen atoms in total. The van der Waals surface area contributed by atoms with Crippen molar-refractivity contribution in [3.63, 3.8) is 0 Å². The van der Waals surface area contributed by atoms with E-state index in [1.165, 1.54) is 12.1 Å². The van der Waals surface area contributed by atoms with E-state index in [0.717, 1.165) is 27.7 Å². The molecule has 1 aromatic heterocycles. The van der Waals surface area contributed by atoms with Crippen molar-refractivity contribution in [2.75, 3.05) is 0 Å². The maximum Gasteiger partial charge on any atom is 0.416 e. The van der Waals surface area contributed by atoms with Gasteiger partial charge in [-0.05, 0) is 47.7 Å². The zero-order valence-corrected chi connectivity index (χ0v) is 19.8. The lowest BCUT2D eigenvalue weighted by molar-refractivity contribution is -0.139. The van der Waals surface area contributed by atoms with E-state index < -0.39 is 38.9 Å². The molecule has 0 bridgehead atoms. The van der Waals surface area contributed by atoms with Gasteiger partial charge in [0.05, 0.1) is 17.0 Å². The van der Waals surface area contributed by atoms with Crippen LogP contribution in [0.15, 0.2) is 61.2 Å². The van der Waals surface area contributed by atoms with E-state index in [1.54, 1.807) is 25.1 Å². The standard InChI is InChI=1S/C25H26F3NO4S/c1-5-20(24(30)31)22-14-18-13-19(25(26,27)28)10-11-21(18)29(22)34(32,33)23(6-2)17-9-7-8-16(12-17)15(3)4/h6-15,20,23H,2,5H2,1,3-4H3,(H,30,31). The van der Waals surface area contributed by atoms with Gasteiger partial charge in [0.15, 0.2) is 0 Å². The van der Waals surface area contributed by atoms with E-state index >= 15 is 0 Å². The van der Waals surface area contributed by atoms with Gasteiger partial charge in [0.2, 0.25) is 10.0 Å². The molecule has 0 aliphatic carbocycles. The summed E-state index contributed by atoms with van der Waals surface area (Å²) in [6.45, 7) is 9.19. The minimum absolute atomic E-state index is 0.00755. The second-order valence-corrected chi connectivity index (χ2v) is 10.3. The third-order valence-electron chi connectivity index (χ3n) is 5.87. The predicted molar refractivity (Wildman–Crippen MR) is 125 cm³/mol. The minimum atomic E-state index is -4.63. The number of carboxylic acids is 1. The second kappa shape index (κ2) is 9.29. The lowest BCUT2D eigenvalue weighted by Crippen LogP contribution is -2.25. The van der Waals surface area contributed by atoms with E-state index in [9.17, 15) is 31.5 Å². The number of hydrogen-bond donors (Lipinski definition) is 1. The van der Waals surface area contributed by atoms with Gasteiger partial charge >= 0.3 is 12.1 Å². The smallest absolute Gasteiger partial charge is 0.416 e. The first-order valence-corrected chi connectivity index (χ1v) is 12.2. The fraction of sp³-hybridized carbons (Fsp3) is 0.320. The quantitative estimate of drug-likeness (QED) is 0.365. The lowest BCUT2D eigenvalue weighted by atomic mass is 10.00. The second-order valence-electron chi connectivity index (χ2n) is 8.43. The van der Waals surface area contributed by atoms with Crippen LogP contribution in [0.3, 0.4) is 0 Å². The monoisotopic (exact) mass is 493 g/mol. The van der Waals surface area contributed by atoms with Gasteiger partial charge in [0.1, 0.15) is 5.25 Å². The molecule has 2 atom stereocenters. The lowest BCUT2D eigenvalue weighted by Gasteiger charge is -2.21. The highest BCUT2D eigenvalue weighted by atomic mass is 32.2. The van der Waals surface area contributed by atoms with Gasteiger partial charge in [-0.3, -0.25) is 4.79 Å². The zero-order valence-electron chi connectivity index (χ0n) is 19.0. The van der Waals surface area contributed by atoms with Crippen LogP contribution in [-0.4, -0.2) is 23.5 Å². The Morgan fingerprint density at radius 1 is 1.12 bits per heavy atom. The molecule has 0 aliphatic rings. The molecule has 182 valence electrons. The van der Waals surface area contributed by atoms with Crippen LogP contribution in [0.1, 0.15) is 66.7 Å². The highest BCUT2D eigenvalue weighted by molar-refractivity contribution is 7.90. The van der Waals surface area contributed by atoms with Crippen LogP contribution < -0.4 is 0 Å². The number of carboxylic acid groups (broad SMARTS) is 1. The number of halogens is 3. The van der Waals surface area contributed by atoms with Crippen molar-refractivity contribution < 1.29 is 31.5 Å². The van der Waals surface area contributed by atoms with Crippen molar-refractivity contribution in [1.29, 1.82) is 0 Å². The van der Waals surface area contributed by atoms with Crippen LogP contribution in [0.2, 0.25) is 0 Å². The van der Waals surface area contributed by atoms with Crippen molar-refractivity contribution in [2.45, 2.75) is 50.5 Å². The summed E-state index contributed by atoms with van der Waals surface area (Å²) in [5, 5.41) is 8.48. The molecule has 0 spiro atoms. The van der Waals surface area contributed by atoms with Crippen LogP contribution in [-0.2, 0) is 21.0 Å². The molecule has 0 saturated heterocycles. The number of hydrogen-bond acceptors (Lipinski definition) is 3. The molecule has 34 heavy (non-hydrogen) atoms. The maximum atomic E-state index is 13.9. The highest BCUT2D eigenvalue weighted by Gasteiger charge is 2.36. The molecular weight excluding hydrogens is 467 g/mol. The number of rotatable bonds is 8. The third kappa shape index (κ3) is 4.61. The number of carbonyl (C=O) groups is 1. The fourth-order valence-corrected chi connectivity index (χ4v) is 5.94. The van der Waals surface area contributed by atoms with E-state index in [-0.39, 0.29) is 28.9 Å². The third-order valence-corrected chi connectivity index (χ3v) is 7.89. The number of benzene rings is 2. The highest BCUT2D eigenvalue weighted by Crippen LogP contribution is 2.38. The Kier molecular flexibility index (Phi) is 6.98. The number of nitrogens with zero attached hydrogens (tertiary/aromatic N) is 1. The topological polar surface area (TPSA) is 76.4 Å². The summed E-state index contributed by atoms with van der Waals surface area (Å²) in [7, 11) is -4.34. The molecular formula is C25H26F3NO4S. The molecule has 0 radical (unpaired) electrons. The Labute approximate surface area is 196 Å². The molecule has 2 unspecified atom stereocenters. The number of aliphatic carboxylic acids is 1. The van der Waals surface area contributed by atoms with E-state index in [0.29, 0.717) is 5.56 Å². The number of alkyl halides is 3. The van der Waals surface area contributed by atoms with Crippen LogP contribution in [0.5, 0.6) is 0 Å². The van der Waals surface area contributed by atoms with Crippen LogP contribution >= 0.6 is 0 Å². The Bertz CT molecular complexity index is 1340. The van der Waals surface area contributed by atoms with Crippen LogP contribution in [0.4, 0.5) is 13.2 Å². The van der Waals surface area contributed by atoms with Crippen molar-refractivity contribution >= 4 is 26.9 Å². The Morgan fingerprint density at radius 2 is 1.76 bits per heavy atom. The van der Waals surface area contributed by atoms with Gasteiger partial charge in [-0.2, -0.15) is 13.2 Å². The largest absolute Gasteiger partial charge is 0.481 e. The van der Waals surface area contributed by atoms with E-state index in [2.05, 4.69) is 6.58 Å². The van der Waals surface area contributed by atoms with Crippen molar-refractivity contribution in [2.24, 2.45) is 0 Å². The number of aromatic nitrogens is 1. The van der Waals surface area contributed by atoms with Gasteiger partial charge < -0.3 is 5.11 Å². The average Bonchev–Trinajstić information content (AvgIpc) is 3.13. The maximum absolute atomic E-state index is 13.9. The number of fused-ring (bicyclic) bond motifs is 1. The minimum Gasteiger partial charge on any atom is -0.481 e. The first-order chi connectivity index (χ1) is 15.8. The molecule has 0 saturated carbocycles. The summed E-state index contributed by atoms with van der Waals surface area (Å²) in [6, 6.07) is 10.9. The van der Waals surface area contributed by atoms with Gasteiger partial charge in [-0.15, -0.1) is 6.58 Å². The fourth-order valence-electron chi connectivity index (χ4n) is 4.06. The first kappa shape index (κ1) is 25.6. The summed E-state index contributed by atoms with van der Waals surface area (Å²) in [6.07, 6.45) is -3.34. The Balaban J connectivity index is 2.33. The molecule has 3 rings (SSSR count). The van der Waals surface area contributed by atoms with Gasteiger partial charge in [0.25, 0.3) is 0 Å². The van der Waals surface area contributed by atoms with Crippen molar-refractivity contribution in [3.8, 4) is 0 Å². The predicted octanol–water partition coefficient (Wildman–Crippen LogP) is 6.47. The summed E-state index contributed by atoms with van der Waals surface area (Å²) < 4.78 is 68.6. The Hall–Kier alpha value is -3.07. The normalized spacial score (nSPS) is 14.3.